The average Bonchev–Trinajstić information content (AvgIpc) is 3.25. The fourth-order valence-corrected chi connectivity index (χ4v) is 3.45. The van der Waals surface area contributed by atoms with Crippen LogP contribution in [-0.4, -0.2) is 30.2 Å². The third-order valence-corrected chi connectivity index (χ3v) is 4.89. The van der Waals surface area contributed by atoms with Crippen LogP contribution >= 0.6 is 0 Å². The van der Waals surface area contributed by atoms with Gasteiger partial charge in [-0.05, 0) is 36.4 Å². The molecule has 0 aromatic heterocycles. The highest BCUT2D eigenvalue weighted by atomic mass is 16.5. The molecule has 2 heterocycles. The van der Waals surface area contributed by atoms with E-state index in [1.165, 1.54) is 12.1 Å². The summed E-state index contributed by atoms with van der Waals surface area (Å²) < 4.78 is 5.40. The third kappa shape index (κ3) is 3.38. The molecule has 7 heteroatoms. The van der Waals surface area contributed by atoms with Gasteiger partial charge in [0.05, 0.1) is 11.6 Å². The quantitative estimate of drug-likeness (QED) is 0.463. The average molecular weight is 378 g/mol. The minimum Gasteiger partial charge on any atom is -0.426 e. The number of nitrogens with zero attached hydrogens (tertiary/aromatic N) is 2. The van der Waals surface area contributed by atoms with Crippen LogP contribution < -0.4 is 14.5 Å². The van der Waals surface area contributed by atoms with Crippen LogP contribution in [0.25, 0.3) is 0 Å². The number of para-hydroxylation sites is 1. The number of carbonyl (C=O) groups excluding carboxylic acids is 4. The van der Waals surface area contributed by atoms with E-state index in [4.69, 9.17) is 4.74 Å². The zero-order valence-electron chi connectivity index (χ0n) is 15.0. The van der Waals surface area contributed by atoms with Crippen molar-refractivity contribution >= 4 is 35.1 Å². The summed E-state index contributed by atoms with van der Waals surface area (Å²) in [4.78, 5) is 51.0. The van der Waals surface area contributed by atoms with Gasteiger partial charge >= 0.3 is 5.97 Å². The first-order valence-corrected chi connectivity index (χ1v) is 9.06. The Hall–Kier alpha value is -3.48. The summed E-state index contributed by atoms with van der Waals surface area (Å²) >= 11 is 0. The van der Waals surface area contributed by atoms with Gasteiger partial charge in [-0.2, -0.15) is 0 Å². The number of amides is 3. The fraction of sp³-hybridized carbons (Fsp3) is 0.238. The van der Waals surface area contributed by atoms with Crippen LogP contribution in [-0.2, 0) is 19.2 Å². The van der Waals surface area contributed by atoms with Gasteiger partial charge in [0, 0.05) is 31.5 Å². The van der Waals surface area contributed by atoms with E-state index in [9.17, 15) is 19.2 Å². The SMILES string of the molecule is O=C(Oc1ccc(N2C(=O)CCC2=O)cc1)C1CC(=O)N(c2ccccc2)C1. The molecule has 0 spiro atoms. The van der Waals surface area contributed by atoms with Crippen molar-refractivity contribution in [1.82, 2.24) is 0 Å². The second-order valence-electron chi connectivity index (χ2n) is 6.78. The molecule has 142 valence electrons. The predicted octanol–water partition coefficient (Wildman–Crippen LogP) is 2.30. The number of carbonyl (C=O) groups is 4. The highest BCUT2D eigenvalue weighted by Crippen LogP contribution is 2.28. The van der Waals surface area contributed by atoms with Crippen LogP contribution in [0.1, 0.15) is 19.3 Å². The molecule has 2 saturated heterocycles. The third-order valence-electron chi connectivity index (χ3n) is 4.89. The number of rotatable bonds is 4. The van der Waals surface area contributed by atoms with Crippen molar-refractivity contribution < 1.29 is 23.9 Å². The summed E-state index contributed by atoms with van der Waals surface area (Å²) in [6.45, 7) is 0.274. The monoisotopic (exact) mass is 378 g/mol. The van der Waals surface area contributed by atoms with Gasteiger partial charge in [-0.25, -0.2) is 0 Å². The number of esters is 1. The standard InChI is InChI=1S/C21H18N2O5/c24-18-10-11-19(25)23(18)16-6-8-17(9-7-16)28-21(27)14-12-20(26)22(13-14)15-4-2-1-3-5-15/h1-9,14H,10-13H2. The van der Waals surface area contributed by atoms with Gasteiger partial charge in [-0.3, -0.25) is 24.1 Å². The predicted molar refractivity (Wildman–Crippen MR) is 101 cm³/mol. The molecule has 0 aliphatic carbocycles. The van der Waals surface area contributed by atoms with Crippen LogP contribution in [0, 0.1) is 5.92 Å². The Balaban J connectivity index is 1.41. The first kappa shape index (κ1) is 17.9. The van der Waals surface area contributed by atoms with Crippen molar-refractivity contribution in [2.75, 3.05) is 16.3 Å². The highest BCUT2D eigenvalue weighted by Gasteiger charge is 2.36. The van der Waals surface area contributed by atoms with Gasteiger partial charge in [0.2, 0.25) is 17.7 Å². The number of benzene rings is 2. The fourth-order valence-electron chi connectivity index (χ4n) is 3.45. The van der Waals surface area contributed by atoms with E-state index in [2.05, 4.69) is 0 Å². The van der Waals surface area contributed by atoms with Gasteiger partial charge in [0.15, 0.2) is 0 Å². The maximum atomic E-state index is 12.5. The van der Waals surface area contributed by atoms with E-state index < -0.39 is 11.9 Å². The topological polar surface area (TPSA) is 84.0 Å². The molecule has 0 radical (unpaired) electrons. The lowest BCUT2D eigenvalue weighted by Crippen LogP contribution is -2.28. The van der Waals surface area contributed by atoms with Gasteiger partial charge < -0.3 is 9.64 Å². The normalized spacial score (nSPS) is 19.4. The zero-order chi connectivity index (χ0) is 19.7. The van der Waals surface area contributed by atoms with E-state index in [-0.39, 0.29) is 43.5 Å². The van der Waals surface area contributed by atoms with E-state index >= 15 is 0 Å². The maximum Gasteiger partial charge on any atom is 0.316 e. The zero-order valence-corrected chi connectivity index (χ0v) is 15.0. The van der Waals surface area contributed by atoms with Crippen LogP contribution in [0.4, 0.5) is 11.4 Å². The van der Waals surface area contributed by atoms with Crippen molar-refractivity contribution in [3.8, 4) is 5.75 Å². The molecular weight excluding hydrogens is 360 g/mol. The Morgan fingerprint density at radius 1 is 0.821 bits per heavy atom. The molecule has 7 nitrogen and oxygen atoms in total. The first-order chi connectivity index (χ1) is 13.5. The summed E-state index contributed by atoms with van der Waals surface area (Å²) in [7, 11) is 0. The molecule has 2 aromatic carbocycles. The Kier molecular flexibility index (Phi) is 4.65. The lowest BCUT2D eigenvalue weighted by Gasteiger charge is -2.16. The second kappa shape index (κ2) is 7.26. The highest BCUT2D eigenvalue weighted by molar-refractivity contribution is 6.19. The largest absolute Gasteiger partial charge is 0.426 e. The Morgan fingerprint density at radius 2 is 1.46 bits per heavy atom. The molecule has 2 fully saturated rings. The van der Waals surface area contributed by atoms with Crippen molar-refractivity contribution in [2.45, 2.75) is 19.3 Å². The van der Waals surface area contributed by atoms with Crippen molar-refractivity contribution in [2.24, 2.45) is 5.92 Å². The molecule has 2 aromatic rings. The van der Waals surface area contributed by atoms with E-state index in [1.807, 2.05) is 30.3 Å². The van der Waals surface area contributed by atoms with E-state index in [0.29, 0.717) is 11.4 Å². The molecule has 4 rings (SSSR count). The Labute approximate surface area is 161 Å². The maximum absolute atomic E-state index is 12.5. The molecule has 2 aliphatic heterocycles. The minimum absolute atomic E-state index is 0.0998. The lowest BCUT2D eigenvalue weighted by atomic mass is 10.1. The molecule has 1 atom stereocenters. The number of anilines is 2. The second-order valence-corrected chi connectivity index (χ2v) is 6.78. The first-order valence-electron chi connectivity index (χ1n) is 9.06. The van der Waals surface area contributed by atoms with E-state index in [0.717, 1.165) is 10.6 Å². The molecule has 1 unspecified atom stereocenters. The summed E-state index contributed by atoms with van der Waals surface area (Å²) in [6.07, 6.45) is 0.523. The van der Waals surface area contributed by atoms with Crippen molar-refractivity contribution in [3.63, 3.8) is 0 Å². The van der Waals surface area contributed by atoms with Gasteiger partial charge in [-0.15, -0.1) is 0 Å². The molecule has 0 N–H and O–H groups in total. The summed E-state index contributed by atoms with van der Waals surface area (Å²) in [5.41, 5.74) is 1.21. The van der Waals surface area contributed by atoms with Gasteiger partial charge in [0.25, 0.3) is 0 Å². The van der Waals surface area contributed by atoms with Crippen molar-refractivity contribution in [3.05, 3.63) is 54.6 Å². The van der Waals surface area contributed by atoms with Crippen LogP contribution in [0.5, 0.6) is 5.75 Å². The lowest BCUT2D eigenvalue weighted by molar-refractivity contribution is -0.139. The van der Waals surface area contributed by atoms with Crippen LogP contribution in [0.15, 0.2) is 54.6 Å². The molecule has 28 heavy (non-hydrogen) atoms. The van der Waals surface area contributed by atoms with Crippen LogP contribution in [0.3, 0.4) is 0 Å². The molecule has 2 aliphatic rings. The summed E-state index contributed by atoms with van der Waals surface area (Å²) in [5.74, 6) is -1.31. The number of hydrogen-bond acceptors (Lipinski definition) is 5. The number of ether oxygens (including phenoxy) is 1. The molecular formula is C21H18N2O5. The Morgan fingerprint density at radius 3 is 2.11 bits per heavy atom. The minimum atomic E-state index is -0.547. The number of imide groups is 1. The van der Waals surface area contributed by atoms with Gasteiger partial charge in [-0.1, -0.05) is 18.2 Å². The smallest absolute Gasteiger partial charge is 0.316 e. The summed E-state index contributed by atoms with van der Waals surface area (Å²) in [5, 5.41) is 0. The van der Waals surface area contributed by atoms with Gasteiger partial charge in [0.1, 0.15) is 5.75 Å². The van der Waals surface area contributed by atoms with Crippen molar-refractivity contribution in [1.29, 1.82) is 0 Å². The van der Waals surface area contributed by atoms with Crippen LogP contribution in [0.2, 0.25) is 0 Å². The number of hydrogen-bond donors (Lipinski definition) is 0. The Bertz CT molecular complexity index is 923. The molecule has 0 saturated carbocycles. The van der Waals surface area contributed by atoms with E-state index in [1.54, 1.807) is 17.0 Å². The molecule has 3 amide bonds. The summed E-state index contributed by atoms with van der Waals surface area (Å²) in [6, 6.07) is 15.4. The molecule has 0 bridgehead atoms.